The summed E-state index contributed by atoms with van der Waals surface area (Å²) in [7, 11) is 1.93. The molecule has 21 heavy (non-hydrogen) atoms. The standard InChI is InChI=1S/C15H26N4O.ClH/c1-11-13(10-17-19(11)15(2,3)4)14(20)18-8-6-7-12(18)9-16-5;/h10,12,16H,6-9H2,1-5H3;1H. The van der Waals surface area contributed by atoms with Gasteiger partial charge in [0.2, 0.25) is 0 Å². The fourth-order valence-corrected chi connectivity index (χ4v) is 3.00. The highest BCUT2D eigenvalue weighted by Gasteiger charge is 2.31. The van der Waals surface area contributed by atoms with E-state index in [4.69, 9.17) is 0 Å². The molecule has 0 spiro atoms. The number of rotatable bonds is 3. The number of hydrogen-bond donors (Lipinski definition) is 1. The normalized spacial score (nSPS) is 18.7. The Bertz CT molecular complexity index is 492. The van der Waals surface area contributed by atoms with E-state index in [1.807, 2.05) is 23.6 Å². The molecule has 1 fully saturated rings. The van der Waals surface area contributed by atoms with Crippen LogP contribution in [0.4, 0.5) is 0 Å². The van der Waals surface area contributed by atoms with E-state index in [9.17, 15) is 4.79 Å². The van der Waals surface area contributed by atoms with Gasteiger partial charge in [0.15, 0.2) is 0 Å². The molecule has 0 aliphatic carbocycles. The van der Waals surface area contributed by atoms with E-state index < -0.39 is 0 Å². The first-order chi connectivity index (χ1) is 9.36. The van der Waals surface area contributed by atoms with Crippen molar-refractivity contribution in [1.82, 2.24) is 20.0 Å². The molecule has 0 radical (unpaired) electrons. The van der Waals surface area contributed by atoms with Gasteiger partial charge >= 0.3 is 0 Å². The maximum atomic E-state index is 12.7. The summed E-state index contributed by atoms with van der Waals surface area (Å²) < 4.78 is 1.93. The van der Waals surface area contributed by atoms with Crippen LogP contribution in [-0.2, 0) is 5.54 Å². The predicted octanol–water partition coefficient (Wildman–Crippen LogP) is 2.19. The number of aromatic nitrogens is 2. The maximum absolute atomic E-state index is 12.7. The number of amides is 1. The number of nitrogens with zero attached hydrogens (tertiary/aromatic N) is 3. The van der Waals surface area contributed by atoms with E-state index in [1.165, 1.54) is 0 Å². The number of carbonyl (C=O) groups excluding carboxylic acids is 1. The molecule has 120 valence electrons. The molecule has 1 aromatic heterocycles. The molecular weight excluding hydrogens is 288 g/mol. The maximum Gasteiger partial charge on any atom is 0.257 e. The highest BCUT2D eigenvalue weighted by atomic mass is 35.5. The summed E-state index contributed by atoms with van der Waals surface area (Å²) in [5, 5.41) is 7.58. The summed E-state index contributed by atoms with van der Waals surface area (Å²) >= 11 is 0. The van der Waals surface area contributed by atoms with Gasteiger partial charge in [0.25, 0.3) is 5.91 Å². The molecule has 2 rings (SSSR count). The zero-order valence-electron chi connectivity index (χ0n) is 13.6. The molecule has 0 saturated carbocycles. The number of nitrogens with one attached hydrogen (secondary N) is 1. The quantitative estimate of drug-likeness (QED) is 0.930. The van der Waals surface area contributed by atoms with Gasteiger partial charge in [0.1, 0.15) is 0 Å². The Morgan fingerprint density at radius 1 is 1.48 bits per heavy atom. The zero-order chi connectivity index (χ0) is 14.9. The zero-order valence-corrected chi connectivity index (χ0v) is 14.5. The van der Waals surface area contributed by atoms with Crippen molar-refractivity contribution in [3.05, 3.63) is 17.5 Å². The second-order valence-corrected chi connectivity index (χ2v) is 6.58. The Hall–Kier alpha value is -1.07. The number of likely N-dealkylation sites (N-methyl/N-ethyl adjacent to an activating group) is 1. The fourth-order valence-electron chi connectivity index (χ4n) is 3.00. The van der Waals surface area contributed by atoms with Crippen molar-refractivity contribution in [3.63, 3.8) is 0 Å². The van der Waals surface area contributed by atoms with Gasteiger partial charge in [-0.2, -0.15) is 5.10 Å². The van der Waals surface area contributed by atoms with Crippen LogP contribution < -0.4 is 5.32 Å². The van der Waals surface area contributed by atoms with Gasteiger partial charge in [0.05, 0.1) is 17.3 Å². The molecule has 0 bridgehead atoms. The molecule has 2 heterocycles. The third-order valence-corrected chi connectivity index (χ3v) is 3.95. The third-order valence-electron chi connectivity index (χ3n) is 3.95. The minimum absolute atomic E-state index is 0. The third kappa shape index (κ3) is 3.58. The first kappa shape index (κ1) is 18.0. The van der Waals surface area contributed by atoms with Crippen LogP contribution >= 0.6 is 12.4 Å². The van der Waals surface area contributed by atoms with Crippen LogP contribution in [0.25, 0.3) is 0 Å². The summed E-state index contributed by atoms with van der Waals surface area (Å²) in [5.41, 5.74) is 1.60. The molecule has 0 aromatic carbocycles. The molecule has 1 aliphatic rings. The van der Waals surface area contributed by atoms with Crippen LogP contribution in [0.3, 0.4) is 0 Å². The average molecular weight is 315 g/mol. The van der Waals surface area contributed by atoms with Gasteiger partial charge < -0.3 is 10.2 Å². The molecular formula is C15H27ClN4O. The summed E-state index contributed by atoms with van der Waals surface area (Å²) in [6, 6.07) is 0.310. The molecule has 1 aliphatic heterocycles. The highest BCUT2D eigenvalue weighted by Crippen LogP contribution is 2.23. The molecule has 1 amide bonds. The Labute approximate surface area is 133 Å². The Morgan fingerprint density at radius 3 is 2.67 bits per heavy atom. The van der Waals surface area contributed by atoms with E-state index in [1.54, 1.807) is 6.20 Å². The van der Waals surface area contributed by atoms with E-state index in [0.717, 1.165) is 37.2 Å². The van der Waals surface area contributed by atoms with Gasteiger partial charge in [-0.25, -0.2) is 0 Å². The molecule has 1 aromatic rings. The lowest BCUT2D eigenvalue weighted by Gasteiger charge is -2.25. The van der Waals surface area contributed by atoms with Crippen molar-refractivity contribution in [2.45, 2.75) is 52.1 Å². The van der Waals surface area contributed by atoms with E-state index in [2.05, 4.69) is 31.2 Å². The number of likely N-dealkylation sites (tertiary alicyclic amines) is 1. The van der Waals surface area contributed by atoms with Crippen molar-refractivity contribution >= 4 is 18.3 Å². The van der Waals surface area contributed by atoms with Crippen molar-refractivity contribution in [1.29, 1.82) is 0 Å². The van der Waals surface area contributed by atoms with E-state index in [-0.39, 0.29) is 23.9 Å². The van der Waals surface area contributed by atoms with Crippen molar-refractivity contribution in [2.75, 3.05) is 20.1 Å². The summed E-state index contributed by atoms with van der Waals surface area (Å²) in [5.74, 6) is 0.121. The summed E-state index contributed by atoms with van der Waals surface area (Å²) in [4.78, 5) is 14.7. The SMILES string of the molecule is CNCC1CCCN1C(=O)c1cnn(C(C)(C)C)c1C.Cl. The Balaban J connectivity index is 0.00000220. The number of hydrogen-bond acceptors (Lipinski definition) is 3. The molecule has 6 heteroatoms. The molecule has 5 nitrogen and oxygen atoms in total. The monoisotopic (exact) mass is 314 g/mol. The molecule has 1 atom stereocenters. The Morgan fingerprint density at radius 2 is 2.14 bits per heavy atom. The van der Waals surface area contributed by atoms with Crippen LogP contribution in [0.2, 0.25) is 0 Å². The Kier molecular flexibility index (Phi) is 5.82. The summed E-state index contributed by atoms with van der Waals surface area (Å²) in [6.07, 6.45) is 3.89. The summed E-state index contributed by atoms with van der Waals surface area (Å²) in [6.45, 7) is 9.99. The van der Waals surface area contributed by atoms with E-state index >= 15 is 0 Å². The molecule has 1 N–H and O–H groups in total. The van der Waals surface area contributed by atoms with Crippen LogP contribution in [0.1, 0.15) is 49.7 Å². The first-order valence-electron chi connectivity index (χ1n) is 7.37. The smallest absolute Gasteiger partial charge is 0.257 e. The minimum atomic E-state index is -0.0992. The van der Waals surface area contributed by atoms with Gasteiger partial charge in [-0.15, -0.1) is 12.4 Å². The van der Waals surface area contributed by atoms with Crippen LogP contribution in [-0.4, -0.2) is 46.8 Å². The lowest BCUT2D eigenvalue weighted by Crippen LogP contribution is -2.41. The molecule has 1 saturated heterocycles. The predicted molar refractivity (Wildman–Crippen MR) is 87.2 cm³/mol. The highest BCUT2D eigenvalue weighted by molar-refractivity contribution is 5.95. The van der Waals surface area contributed by atoms with Gasteiger partial charge in [-0.3, -0.25) is 9.48 Å². The van der Waals surface area contributed by atoms with Crippen LogP contribution in [0, 0.1) is 6.92 Å². The van der Waals surface area contributed by atoms with Crippen LogP contribution in [0.15, 0.2) is 6.20 Å². The lowest BCUT2D eigenvalue weighted by atomic mass is 10.1. The minimum Gasteiger partial charge on any atom is -0.334 e. The van der Waals surface area contributed by atoms with E-state index in [0.29, 0.717) is 6.04 Å². The van der Waals surface area contributed by atoms with Crippen molar-refractivity contribution in [2.24, 2.45) is 0 Å². The largest absolute Gasteiger partial charge is 0.334 e. The van der Waals surface area contributed by atoms with Crippen LogP contribution in [0.5, 0.6) is 0 Å². The van der Waals surface area contributed by atoms with Gasteiger partial charge in [-0.05, 0) is 47.6 Å². The number of carbonyl (C=O) groups is 1. The van der Waals surface area contributed by atoms with Gasteiger partial charge in [-0.1, -0.05) is 0 Å². The fraction of sp³-hybridized carbons (Fsp3) is 0.733. The second-order valence-electron chi connectivity index (χ2n) is 6.58. The lowest BCUT2D eigenvalue weighted by molar-refractivity contribution is 0.0736. The van der Waals surface area contributed by atoms with Crippen molar-refractivity contribution < 1.29 is 4.79 Å². The first-order valence-corrected chi connectivity index (χ1v) is 7.37. The average Bonchev–Trinajstić information content (AvgIpc) is 2.94. The molecule has 1 unspecified atom stereocenters. The topological polar surface area (TPSA) is 50.2 Å². The van der Waals surface area contributed by atoms with Crippen molar-refractivity contribution in [3.8, 4) is 0 Å². The van der Waals surface area contributed by atoms with Gasteiger partial charge in [0, 0.05) is 24.8 Å². The number of halogens is 1. The second kappa shape index (κ2) is 6.79.